The van der Waals surface area contributed by atoms with E-state index in [1.807, 2.05) is 6.92 Å². The average molecular weight is 234 g/mol. The molecule has 0 saturated heterocycles. The maximum absolute atomic E-state index is 12.7. The van der Waals surface area contributed by atoms with Gasteiger partial charge in [0.1, 0.15) is 5.82 Å². The molecule has 0 bridgehead atoms. The molecular formula is C11H11FN4O. The Morgan fingerprint density at radius 3 is 2.71 bits per heavy atom. The second-order valence-corrected chi connectivity index (χ2v) is 3.60. The second kappa shape index (κ2) is 4.73. The van der Waals surface area contributed by atoms with E-state index in [4.69, 9.17) is 0 Å². The molecule has 1 aromatic carbocycles. The highest BCUT2D eigenvalue weighted by Gasteiger charge is 2.13. The smallest absolute Gasteiger partial charge is 0.273 e. The summed E-state index contributed by atoms with van der Waals surface area (Å²) in [6.45, 7) is 1.81. The lowest BCUT2D eigenvalue weighted by molar-refractivity contribution is 0.0935. The first-order valence-corrected chi connectivity index (χ1v) is 5.09. The van der Waals surface area contributed by atoms with Crippen LogP contribution in [0, 0.1) is 5.82 Å². The van der Waals surface area contributed by atoms with Crippen LogP contribution in [0.15, 0.2) is 30.5 Å². The molecule has 17 heavy (non-hydrogen) atoms. The van der Waals surface area contributed by atoms with Gasteiger partial charge < -0.3 is 5.32 Å². The lowest BCUT2D eigenvalue weighted by Crippen LogP contribution is -2.26. The number of benzene rings is 1. The fourth-order valence-corrected chi connectivity index (χ4v) is 1.42. The Balaban J connectivity index is 2.04. The number of aromatic nitrogens is 3. The minimum atomic E-state index is -0.324. The minimum Gasteiger partial charge on any atom is -0.344 e. The van der Waals surface area contributed by atoms with E-state index in [1.165, 1.54) is 18.3 Å². The second-order valence-electron chi connectivity index (χ2n) is 3.60. The maximum Gasteiger partial charge on any atom is 0.273 e. The minimum absolute atomic E-state index is 0.221. The lowest BCUT2D eigenvalue weighted by Gasteiger charge is -2.12. The summed E-state index contributed by atoms with van der Waals surface area (Å²) >= 11 is 0. The molecule has 2 aromatic rings. The van der Waals surface area contributed by atoms with Gasteiger partial charge >= 0.3 is 0 Å². The van der Waals surface area contributed by atoms with Gasteiger partial charge in [0.05, 0.1) is 12.2 Å². The van der Waals surface area contributed by atoms with Crippen LogP contribution in [0.4, 0.5) is 4.39 Å². The van der Waals surface area contributed by atoms with Crippen LogP contribution in [-0.4, -0.2) is 21.3 Å². The molecular weight excluding hydrogens is 223 g/mol. The fraction of sp³-hybridized carbons (Fsp3) is 0.182. The predicted octanol–water partition coefficient (Wildman–Crippen LogP) is 1.43. The normalized spacial score (nSPS) is 12.1. The molecule has 0 saturated carbocycles. The molecule has 0 radical (unpaired) electrons. The van der Waals surface area contributed by atoms with E-state index in [2.05, 4.69) is 20.7 Å². The van der Waals surface area contributed by atoms with Gasteiger partial charge in [0.15, 0.2) is 5.69 Å². The predicted molar refractivity (Wildman–Crippen MR) is 58.7 cm³/mol. The van der Waals surface area contributed by atoms with Crippen molar-refractivity contribution in [2.75, 3.05) is 0 Å². The van der Waals surface area contributed by atoms with Crippen LogP contribution in [-0.2, 0) is 0 Å². The van der Waals surface area contributed by atoms with E-state index in [-0.39, 0.29) is 23.5 Å². The Bertz CT molecular complexity index is 495. The van der Waals surface area contributed by atoms with Crippen molar-refractivity contribution < 1.29 is 9.18 Å². The number of hydrogen-bond acceptors (Lipinski definition) is 3. The van der Waals surface area contributed by atoms with Crippen molar-refractivity contribution in [3.05, 3.63) is 47.5 Å². The molecule has 88 valence electrons. The molecule has 1 unspecified atom stereocenters. The standard InChI is InChI=1S/C11H11FN4O/c1-7(8-2-4-9(12)5-3-8)14-11(17)10-6-13-16-15-10/h2-7H,1H3,(H,14,17)(H,13,15,16). The number of H-pyrrole nitrogens is 1. The van der Waals surface area contributed by atoms with Crippen molar-refractivity contribution in [2.24, 2.45) is 0 Å². The molecule has 2 N–H and O–H groups in total. The largest absolute Gasteiger partial charge is 0.344 e. The summed E-state index contributed by atoms with van der Waals surface area (Å²) in [7, 11) is 0. The monoisotopic (exact) mass is 234 g/mol. The van der Waals surface area contributed by atoms with E-state index >= 15 is 0 Å². The van der Waals surface area contributed by atoms with Crippen molar-refractivity contribution in [3.63, 3.8) is 0 Å². The first-order valence-electron chi connectivity index (χ1n) is 5.09. The van der Waals surface area contributed by atoms with Gasteiger partial charge in [-0.1, -0.05) is 12.1 Å². The summed E-state index contributed by atoms with van der Waals surface area (Å²) < 4.78 is 12.7. The summed E-state index contributed by atoms with van der Waals surface area (Å²) in [6.07, 6.45) is 1.34. The van der Waals surface area contributed by atoms with Gasteiger partial charge in [-0.05, 0) is 24.6 Å². The molecule has 0 aliphatic rings. The number of carbonyl (C=O) groups is 1. The van der Waals surface area contributed by atoms with Gasteiger partial charge in [-0.2, -0.15) is 15.4 Å². The van der Waals surface area contributed by atoms with Gasteiger partial charge in [0.25, 0.3) is 5.91 Å². The maximum atomic E-state index is 12.7. The van der Waals surface area contributed by atoms with Crippen molar-refractivity contribution >= 4 is 5.91 Å². The number of nitrogens with one attached hydrogen (secondary N) is 2. The van der Waals surface area contributed by atoms with E-state index in [0.717, 1.165) is 5.56 Å². The highest BCUT2D eigenvalue weighted by Crippen LogP contribution is 2.13. The van der Waals surface area contributed by atoms with Crippen molar-refractivity contribution in [1.29, 1.82) is 0 Å². The van der Waals surface area contributed by atoms with Crippen LogP contribution in [0.3, 0.4) is 0 Å². The van der Waals surface area contributed by atoms with Gasteiger partial charge in [0.2, 0.25) is 0 Å². The third-order valence-electron chi connectivity index (χ3n) is 2.37. The molecule has 1 aromatic heterocycles. The Kier molecular flexibility index (Phi) is 3.13. The van der Waals surface area contributed by atoms with E-state index in [0.29, 0.717) is 0 Å². The van der Waals surface area contributed by atoms with Gasteiger partial charge in [-0.15, -0.1) is 0 Å². The lowest BCUT2D eigenvalue weighted by atomic mass is 10.1. The van der Waals surface area contributed by atoms with Crippen molar-refractivity contribution in [1.82, 2.24) is 20.7 Å². The first kappa shape index (κ1) is 11.3. The van der Waals surface area contributed by atoms with Crippen molar-refractivity contribution in [2.45, 2.75) is 13.0 Å². The number of nitrogens with zero attached hydrogens (tertiary/aromatic N) is 2. The number of amides is 1. The zero-order chi connectivity index (χ0) is 12.3. The summed E-state index contributed by atoms with van der Waals surface area (Å²) in [6, 6.07) is 5.74. The number of rotatable bonds is 3. The number of halogens is 1. The van der Waals surface area contributed by atoms with Crippen LogP contribution >= 0.6 is 0 Å². The molecule has 5 nitrogen and oxygen atoms in total. The van der Waals surface area contributed by atoms with E-state index in [9.17, 15) is 9.18 Å². The van der Waals surface area contributed by atoms with Gasteiger partial charge in [-0.3, -0.25) is 4.79 Å². The Morgan fingerprint density at radius 1 is 1.41 bits per heavy atom. The van der Waals surface area contributed by atoms with E-state index in [1.54, 1.807) is 12.1 Å². The van der Waals surface area contributed by atoms with E-state index < -0.39 is 0 Å². The molecule has 0 aliphatic carbocycles. The molecule has 6 heteroatoms. The van der Waals surface area contributed by atoms with Gasteiger partial charge in [0, 0.05) is 0 Å². The molecule has 1 atom stereocenters. The highest BCUT2D eigenvalue weighted by atomic mass is 19.1. The zero-order valence-electron chi connectivity index (χ0n) is 9.14. The van der Waals surface area contributed by atoms with Crippen LogP contribution in [0.1, 0.15) is 29.0 Å². The molecule has 0 aliphatic heterocycles. The summed E-state index contributed by atoms with van der Waals surface area (Å²) in [5, 5.41) is 12.3. The van der Waals surface area contributed by atoms with Crippen LogP contribution in [0.2, 0.25) is 0 Å². The summed E-state index contributed by atoms with van der Waals surface area (Å²) in [5.41, 5.74) is 1.04. The topological polar surface area (TPSA) is 70.7 Å². The Labute approximate surface area is 97.0 Å². The first-order chi connectivity index (χ1) is 8.16. The average Bonchev–Trinajstić information content (AvgIpc) is 2.83. The quantitative estimate of drug-likeness (QED) is 0.844. The third kappa shape index (κ3) is 2.66. The number of aromatic amines is 1. The van der Waals surface area contributed by atoms with Crippen LogP contribution < -0.4 is 5.32 Å². The van der Waals surface area contributed by atoms with Gasteiger partial charge in [-0.25, -0.2) is 4.39 Å². The fourth-order valence-electron chi connectivity index (χ4n) is 1.42. The summed E-state index contributed by atoms with van der Waals surface area (Å²) in [5.74, 6) is -0.626. The highest BCUT2D eigenvalue weighted by molar-refractivity contribution is 5.92. The molecule has 1 amide bonds. The SMILES string of the molecule is CC(NC(=O)c1cn[nH]n1)c1ccc(F)cc1. The molecule has 0 fully saturated rings. The molecule has 2 rings (SSSR count). The van der Waals surface area contributed by atoms with Crippen LogP contribution in [0.5, 0.6) is 0 Å². The van der Waals surface area contributed by atoms with Crippen LogP contribution in [0.25, 0.3) is 0 Å². The number of carbonyl (C=O) groups excluding carboxylic acids is 1. The zero-order valence-corrected chi connectivity index (χ0v) is 9.14. The molecule has 1 heterocycles. The third-order valence-corrected chi connectivity index (χ3v) is 2.37. The summed E-state index contributed by atoms with van der Waals surface area (Å²) in [4.78, 5) is 11.6. The Morgan fingerprint density at radius 2 is 2.12 bits per heavy atom. The number of hydrogen-bond donors (Lipinski definition) is 2. The molecule has 0 spiro atoms. The Hall–Kier alpha value is -2.24. The van der Waals surface area contributed by atoms with Crippen molar-refractivity contribution in [3.8, 4) is 0 Å².